The molecule has 0 heterocycles. The Balaban J connectivity index is 2.24. The standard InChI is InChI=1S/C16H12F4O2/c1-10(21)14-6-5-13(8-15(14)16(18,19)20)22-9-11-3-2-4-12(17)7-11/h2-8H,9H2,1H3. The average molecular weight is 312 g/mol. The number of benzene rings is 2. The molecule has 0 radical (unpaired) electrons. The first-order valence-corrected chi connectivity index (χ1v) is 6.37. The van der Waals surface area contributed by atoms with Crippen LogP contribution >= 0.6 is 0 Å². The van der Waals surface area contributed by atoms with Gasteiger partial charge in [-0.25, -0.2) is 4.39 Å². The Morgan fingerprint density at radius 2 is 1.86 bits per heavy atom. The van der Waals surface area contributed by atoms with Crippen molar-refractivity contribution in [3.8, 4) is 5.75 Å². The van der Waals surface area contributed by atoms with Crippen molar-refractivity contribution < 1.29 is 27.1 Å². The van der Waals surface area contributed by atoms with E-state index in [1.54, 1.807) is 6.07 Å². The third-order valence-corrected chi connectivity index (χ3v) is 2.97. The van der Waals surface area contributed by atoms with Gasteiger partial charge in [-0.3, -0.25) is 4.79 Å². The summed E-state index contributed by atoms with van der Waals surface area (Å²) in [6.07, 6.45) is -4.65. The normalized spacial score (nSPS) is 11.3. The summed E-state index contributed by atoms with van der Waals surface area (Å²) >= 11 is 0. The number of ketones is 1. The van der Waals surface area contributed by atoms with Gasteiger partial charge in [0, 0.05) is 5.56 Å². The van der Waals surface area contributed by atoms with Crippen molar-refractivity contribution in [3.05, 3.63) is 65.0 Å². The summed E-state index contributed by atoms with van der Waals surface area (Å²) in [5.74, 6) is -1.17. The molecule has 0 amide bonds. The highest BCUT2D eigenvalue weighted by molar-refractivity contribution is 5.95. The van der Waals surface area contributed by atoms with Gasteiger partial charge in [-0.1, -0.05) is 12.1 Å². The lowest BCUT2D eigenvalue weighted by molar-refractivity contribution is -0.138. The first kappa shape index (κ1) is 16.0. The Hall–Kier alpha value is -2.37. The molecule has 116 valence electrons. The molecule has 0 unspecified atom stereocenters. The van der Waals surface area contributed by atoms with Crippen LogP contribution in [0.4, 0.5) is 17.6 Å². The van der Waals surface area contributed by atoms with Crippen molar-refractivity contribution in [2.75, 3.05) is 0 Å². The molecule has 0 saturated carbocycles. The lowest BCUT2D eigenvalue weighted by Gasteiger charge is -2.13. The monoisotopic (exact) mass is 312 g/mol. The second-order valence-corrected chi connectivity index (χ2v) is 4.68. The molecule has 0 aromatic heterocycles. The predicted molar refractivity (Wildman–Crippen MR) is 72.2 cm³/mol. The van der Waals surface area contributed by atoms with Gasteiger partial charge in [0.25, 0.3) is 0 Å². The topological polar surface area (TPSA) is 26.3 Å². The molecular weight excluding hydrogens is 300 g/mol. The number of Topliss-reactive ketones (excluding diaryl/α,β-unsaturated/α-hetero) is 1. The molecule has 0 N–H and O–H groups in total. The fourth-order valence-corrected chi connectivity index (χ4v) is 1.95. The van der Waals surface area contributed by atoms with E-state index < -0.39 is 28.9 Å². The smallest absolute Gasteiger partial charge is 0.417 e. The fourth-order valence-electron chi connectivity index (χ4n) is 1.95. The van der Waals surface area contributed by atoms with E-state index >= 15 is 0 Å². The van der Waals surface area contributed by atoms with Crippen molar-refractivity contribution in [3.63, 3.8) is 0 Å². The summed E-state index contributed by atoms with van der Waals surface area (Å²) in [6, 6.07) is 8.70. The van der Waals surface area contributed by atoms with Gasteiger partial charge in [0.2, 0.25) is 0 Å². The number of carbonyl (C=O) groups excluding carboxylic acids is 1. The molecule has 0 aliphatic rings. The fraction of sp³-hybridized carbons (Fsp3) is 0.188. The summed E-state index contributed by atoms with van der Waals surface area (Å²) in [5.41, 5.74) is -0.966. The Kier molecular flexibility index (Phi) is 4.49. The summed E-state index contributed by atoms with van der Waals surface area (Å²) < 4.78 is 57.1. The first-order chi connectivity index (χ1) is 10.3. The lowest BCUT2D eigenvalue weighted by Crippen LogP contribution is -2.12. The minimum Gasteiger partial charge on any atom is -0.489 e. The van der Waals surface area contributed by atoms with Crippen LogP contribution in [0.1, 0.15) is 28.4 Å². The second-order valence-electron chi connectivity index (χ2n) is 4.68. The van der Waals surface area contributed by atoms with Crippen LogP contribution in [-0.2, 0) is 12.8 Å². The van der Waals surface area contributed by atoms with Crippen molar-refractivity contribution in [1.29, 1.82) is 0 Å². The maximum absolute atomic E-state index is 13.0. The number of rotatable bonds is 4. The third-order valence-electron chi connectivity index (χ3n) is 2.97. The van der Waals surface area contributed by atoms with E-state index in [0.717, 1.165) is 19.1 Å². The largest absolute Gasteiger partial charge is 0.489 e. The van der Waals surface area contributed by atoms with Crippen molar-refractivity contribution in [2.45, 2.75) is 19.7 Å². The highest BCUT2D eigenvalue weighted by Crippen LogP contribution is 2.34. The summed E-state index contributed by atoms with van der Waals surface area (Å²) in [7, 11) is 0. The molecule has 2 rings (SSSR count). The maximum Gasteiger partial charge on any atom is 0.417 e. The Morgan fingerprint density at radius 1 is 1.14 bits per heavy atom. The molecule has 2 nitrogen and oxygen atoms in total. The zero-order valence-corrected chi connectivity index (χ0v) is 11.6. The van der Waals surface area contributed by atoms with Crippen LogP contribution in [-0.4, -0.2) is 5.78 Å². The SMILES string of the molecule is CC(=O)c1ccc(OCc2cccc(F)c2)cc1C(F)(F)F. The van der Waals surface area contributed by atoms with Crippen LogP contribution in [0, 0.1) is 5.82 Å². The van der Waals surface area contributed by atoms with E-state index in [1.165, 1.54) is 24.3 Å². The van der Waals surface area contributed by atoms with E-state index in [-0.39, 0.29) is 12.4 Å². The van der Waals surface area contributed by atoms with E-state index in [4.69, 9.17) is 4.74 Å². The van der Waals surface area contributed by atoms with Gasteiger partial charge in [0.1, 0.15) is 18.2 Å². The summed E-state index contributed by atoms with van der Waals surface area (Å²) in [5, 5.41) is 0. The number of alkyl halides is 3. The van der Waals surface area contributed by atoms with E-state index in [1.807, 2.05) is 0 Å². The molecule has 6 heteroatoms. The Morgan fingerprint density at radius 3 is 2.45 bits per heavy atom. The van der Waals surface area contributed by atoms with Gasteiger partial charge < -0.3 is 4.74 Å². The molecule has 22 heavy (non-hydrogen) atoms. The van der Waals surface area contributed by atoms with E-state index in [9.17, 15) is 22.4 Å². The van der Waals surface area contributed by atoms with Crippen LogP contribution in [0.5, 0.6) is 5.75 Å². The van der Waals surface area contributed by atoms with Gasteiger partial charge in [0.15, 0.2) is 5.78 Å². The number of hydrogen-bond acceptors (Lipinski definition) is 2. The molecule has 0 fully saturated rings. The number of carbonyl (C=O) groups is 1. The predicted octanol–water partition coefficient (Wildman–Crippen LogP) is 4.63. The molecule has 0 aliphatic carbocycles. The zero-order chi connectivity index (χ0) is 16.3. The molecule has 0 saturated heterocycles. The molecule has 0 bridgehead atoms. The average Bonchev–Trinajstić information content (AvgIpc) is 2.44. The zero-order valence-electron chi connectivity index (χ0n) is 11.6. The van der Waals surface area contributed by atoms with Gasteiger partial charge in [-0.05, 0) is 42.8 Å². The Labute approximate surface area is 124 Å². The number of halogens is 4. The van der Waals surface area contributed by atoms with Crippen LogP contribution in [0.3, 0.4) is 0 Å². The molecular formula is C16H12F4O2. The Bertz CT molecular complexity index is 693. The molecule has 2 aromatic rings. The molecule has 0 aliphatic heterocycles. The van der Waals surface area contributed by atoms with Crippen molar-refractivity contribution in [1.82, 2.24) is 0 Å². The quantitative estimate of drug-likeness (QED) is 0.608. The third kappa shape index (κ3) is 3.84. The van der Waals surface area contributed by atoms with Crippen molar-refractivity contribution in [2.24, 2.45) is 0 Å². The van der Waals surface area contributed by atoms with Crippen LogP contribution in [0.2, 0.25) is 0 Å². The van der Waals surface area contributed by atoms with E-state index in [2.05, 4.69) is 0 Å². The first-order valence-electron chi connectivity index (χ1n) is 6.37. The molecule has 2 aromatic carbocycles. The van der Waals surface area contributed by atoms with Gasteiger partial charge in [-0.15, -0.1) is 0 Å². The van der Waals surface area contributed by atoms with E-state index in [0.29, 0.717) is 5.56 Å². The molecule has 0 atom stereocenters. The van der Waals surface area contributed by atoms with Crippen LogP contribution < -0.4 is 4.74 Å². The number of hydrogen-bond donors (Lipinski definition) is 0. The van der Waals surface area contributed by atoms with Crippen LogP contribution in [0.25, 0.3) is 0 Å². The summed E-state index contributed by atoms with van der Waals surface area (Å²) in [6.45, 7) is 0.992. The lowest BCUT2D eigenvalue weighted by atomic mass is 10.0. The van der Waals surface area contributed by atoms with Crippen LogP contribution in [0.15, 0.2) is 42.5 Å². The van der Waals surface area contributed by atoms with Gasteiger partial charge >= 0.3 is 6.18 Å². The summed E-state index contributed by atoms with van der Waals surface area (Å²) in [4.78, 5) is 11.3. The second kappa shape index (κ2) is 6.17. The minimum absolute atomic E-state index is 0.0402. The highest BCUT2D eigenvalue weighted by atomic mass is 19.4. The minimum atomic E-state index is -4.65. The maximum atomic E-state index is 13.0. The van der Waals surface area contributed by atoms with Gasteiger partial charge in [0.05, 0.1) is 5.56 Å². The molecule has 0 spiro atoms. The highest BCUT2D eigenvalue weighted by Gasteiger charge is 2.34. The number of ether oxygens (including phenoxy) is 1. The van der Waals surface area contributed by atoms with Gasteiger partial charge in [-0.2, -0.15) is 13.2 Å². The van der Waals surface area contributed by atoms with Crippen molar-refractivity contribution >= 4 is 5.78 Å².